The second-order valence-electron chi connectivity index (χ2n) is 5.83. The number of anilines is 1. The van der Waals surface area contributed by atoms with Crippen molar-refractivity contribution >= 4 is 34.3 Å². The Labute approximate surface area is 156 Å². The fraction of sp³-hybridized carbons (Fsp3) is 0.250. The molecular weight excluding hydrogens is 346 g/mol. The number of hydrogen-bond donors (Lipinski definition) is 1. The predicted octanol–water partition coefficient (Wildman–Crippen LogP) is 3.93. The molecule has 1 amide bonds. The van der Waals surface area contributed by atoms with E-state index in [9.17, 15) is 9.59 Å². The van der Waals surface area contributed by atoms with Crippen LogP contribution in [-0.4, -0.2) is 20.7 Å². The van der Waals surface area contributed by atoms with Crippen molar-refractivity contribution in [1.82, 2.24) is 9.55 Å². The molecule has 5 nitrogen and oxygen atoms in total. The van der Waals surface area contributed by atoms with Crippen LogP contribution in [0.3, 0.4) is 0 Å². The Morgan fingerprint density at radius 1 is 1.12 bits per heavy atom. The van der Waals surface area contributed by atoms with Gasteiger partial charge in [0.05, 0.1) is 16.2 Å². The molecule has 0 aliphatic rings. The Hall–Kier alpha value is -2.60. The summed E-state index contributed by atoms with van der Waals surface area (Å²) in [5.41, 5.74) is 1.35. The Balaban J connectivity index is 1.90. The number of benzene rings is 2. The van der Waals surface area contributed by atoms with E-state index in [4.69, 9.17) is 0 Å². The average Bonchev–Trinajstić information content (AvgIpc) is 2.67. The molecule has 0 fully saturated rings. The molecule has 0 saturated heterocycles. The average molecular weight is 367 g/mol. The lowest BCUT2D eigenvalue weighted by atomic mass is 10.2. The molecule has 0 radical (unpaired) electrons. The summed E-state index contributed by atoms with van der Waals surface area (Å²) in [7, 11) is 0. The van der Waals surface area contributed by atoms with Gasteiger partial charge in [0.1, 0.15) is 0 Å². The number of amides is 1. The van der Waals surface area contributed by atoms with Gasteiger partial charge in [0.15, 0.2) is 5.16 Å². The van der Waals surface area contributed by atoms with E-state index in [2.05, 4.69) is 10.3 Å². The second kappa shape index (κ2) is 8.19. The molecular formula is C20H21N3O2S. The first-order chi connectivity index (χ1) is 12.6. The topological polar surface area (TPSA) is 64.0 Å². The van der Waals surface area contributed by atoms with Crippen molar-refractivity contribution in [2.45, 2.75) is 37.2 Å². The number of fused-ring (bicyclic) bond motifs is 1. The normalized spacial score (nSPS) is 12.1. The van der Waals surface area contributed by atoms with Crippen LogP contribution in [0.4, 0.5) is 5.69 Å². The van der Waals surface area contributed by atoms with Gasteiger partial charge >= 0.3 is 0 Å². The standard InChI is InChI=1S/C20H21N3O2S/c1-3-17(18(24)21-14-10-6-5-7-11-14)26-20-22-16-13-9-8-12-15(16)19(25)23(20)4-2/h5-13,17H,3-4H2,1-2H3,(H,21,24). The van der Waals surface area contributed by atoms with Crippen molar-refractivity contribution in [3.8, 4) is 0 Å². The summed E-state index contributed by atoms with van der Waals surface area (Å²) in [6.07, 6.45) is 0.635. The summed E-state index contributed by atoms with van der Waals surface area (Å²) in [4.78, 5) is 30.0. The van der Waals surface area contributed by atoms with Crippen molar-refractivity contribution in [3.05, 3.63) is 65.0 Å². The molecule has 1 aromatic heterocycles. The summed E-state index contributed by atoms with van der Waals surface area (Å²) in [5, 5.41) is 3.77. The van der Waals surface area contributed by atoms with Crippen LogP contribution in [0.1, 0.15) is 20.3 Å². The third kappa shape index (κ3) is 3.80. The Morgan fingerprint density at radius 2 is 1.81 bits per heavy atom. The molecule has 0 aliphatic heterocycles. The molecule has 1 N–H and O–H groups in total. The maximum absolute atomic E-state index is 12.7. The van der Waals surface area contributed by atoms with Gasteiger partial charge in [0, 0.05) is 12.2 Å². The van der Waals surface area contributed by atoms with Crippen molar-refractivity contribution in [1.29, 1.82) is 0 Å². The van der Waals surface area contributed by atoms with Crippen LogP contribution < -0.4 is 10.9 Å². The largest absolute Gasteiger partial charge is 0.325 e. The number of para-hydroxylation sites is 2. The van der Waals surface area contributed by atoms with Gasteiger partial charge in [0.25, 0.3) is 5.56 Å². The molecule has 3 aromatic rings. The van der Waals surface area contributed by atoms with Crippen LogP contribution in [0.2, 0.25) is 0 Å². The number of carbonyl (C=O) groups excluding carboxylic acids is 1. The molecule has 26 heavy (non-hydrogen) atoms. The van der Waals surface area contributed by atoms with Gasteiger partial charge in [-0.3, -0.25) is 14.2 Å². The van der Waals surface area contributed by atoms with Crippen LogP contribution in [0.15, 0.2) is 64.5 Å². The molecule has 2 aromatic carbocycles. The highest BCUT2D eigenvalue weighted by Gasteiger charge is 2.21. The minimum atomic E-state index is -0.332. The lowest BCUT2D eigenvalue weighted by Crippen LogP contribution is -2.28. The maximum atomic E-state index is 12.7. The molecule has 3 rings (SSSR count). The molecule has 1 atom stereocenters. The van der Waals surface area contributed by atoms with Gasteiger partial charge in [-0.1, -0.05) is 49.0 Å². The highest BCUT2D eigenvalue weighted by Crippen LogP contribution is 2.25. The van der Waals surface area contributed by atoms with E-state index in [0.29, 0.717) is 29.0 Å². The number of aromatic nitrogens is 2. The number of nitrogens with zero attached hydrogens (tertiary/aromatic N) is 2. The van der Waals surface area contributed by atoms with Crippen LogP contribution in [0, 0.1) is 0 Å². The summed E-state index contributed by atoms with van der Waals surface area (Å²) in [5.74, 6) is -0.0891. The van der Waals surface area contributed by atoms with E-state index in [-0.39, 0.29) is 16.7 Å². The predicted molar refractivity (Wildman–Crippen MR) is 107 cm³/mol. The number of hydrogen-bond acceptors (Lipinski definition) is 4. The summed E-state index contributed by atoms with van der Waals surface area (Å²) >= 11 is 1.34. The van der Waals surface area contributed by atoms with Crippen LogP contribution in [0.5, 0.6) is 0 Å². The molecule has 0 spiro atoms. The van der Waals surface area contributed by atoms with Gasteiger partial charge in [-0.2, -0.15) is 0 Å². The fourth-order valence-electron chi connectivity index (χ4n) is 2.71. The lowest BCUT2D eigenvalue weighted by Gasteiger charge is -2.17. The minimum absolute atomic E-state index is 0.0704. The van der Waals surface area contributed by atoms with Crippen molar-refractivity contribution in [3.63, 3.8) is 0 Å². The van der Waals surface area contributed by atoms with E-state index in [0.717, 1.165) is 5.69 Å². The smallest absolute Gasteiger partial charge is 0.262 e. The Kier molecular flexibility index (Phi) is 5.73. The Bertz CT molecular complexity index is 970. The molecule has 134 valence electrons. The van der Waals surface area contributed by atoms with E-state index in [1.165, 1.54) is 11.8 Å². The highest BCUT2D eigenvalue weighted by atomic mass is 32.2. The zero-order valence-corrected chi connectivity index (χ0v) is 15.6. The van der Waals surface area contributed by atoms with E-state index >= 15 is 0 Å². The first-order valence-corrected chi connectivity index (χ1v) is 9.54. The maximum Gasteiger partial charge on any atom is 0.262 e. The van der Waals surface area contributed by atoms with Gasteiger partial charge in [0.2, 0.25) is 5.91 Å². The minimum Gasteiger partial charge on any atom is -0.325 e. The number of thioether (sulfide) groups is 1. The SMILES string of the molecule is CCC(Sc1nc2ccccc2c(=O)n1CC)C(=O)Nc1ccccc1. The van der Waals surface area contributed by atoms with E-state index < -0.39 is 0 Å². The van der Waals surface area contributed by atoms with Crippen molar-refractivity contribution in [2.75, 3.05) is 5.32 Å². The number of rotatable bonds is 6. The van der Waals surface area contributed by atoms with Gasteiger partial charge < -0.3 is 5.32 Å². The first-order valence-electron chi connectivity index (χ1n) is 8.66. The Morgan fingerprint density at radius 3 is 2.50 bits per heavy atom. The molecule has 1 unspecified atom stereocenters. The third-order valence-electron chi connectivity index (χ3n) is 4.10. The molecule has 0 bridgehead atoms. The number of carbonyl (C=O) groups is 1. The van der Waals surface area contributed by atoms with E-state index in [1.807, 2.05) is 62.4 Å². The summed E-state index contributed by atoms with van der Waals surface area (Å²) < 4.78 is 1.63. The quantitative estimate of drug-likeness (QED) is 0.530. The highest BCUT2D eigenvalue weighted by molar-refractivity contribution is 8.00. The molecule has 0 aliphatic carbocycles. The van der Waals surface area contributed by atoms with Crippen LogP contribution in [-0.2, 0) is 11.3 Å². The van der Waals surface area contributed by atoms with E-state index in [1.54, 1.807) is 10.6 Å². The molecule has 0 saturated carbocycles. The van der Waals surface area contributed by atoms with Crippen LogP contribution >= 0.6 is 11.8 Å². The first kappa shape index (κ1) is 18.2. The second-order valence-corrected chi connectivity index (χ2v) is 7.00. The van der Waals surface area contributed by atoms with Crippen LogP contribution in [0.25, 0.3) is 10.9 Å². The number of nitrogens with one attached hydrogen (secondary N) is 1. The van der Waals surface area contributed by atoms with Gasteiger partial charge in [-0.25, -0.2) is 4.98 Å². The third-order valence-corrected chi connectivity index (χ3v) is 5.45. The van der Waals surface area contributed by atoms with Gasteiger partial charge in [-0.15, -0.1) is 0 Å². The monoisotopic (exact) mass is 367 g/mol. The zero-order valence-electron chi connectivity index (χ0n) is 14.8. The summed E-state index contributed by atoms with van der Waals surface area (Å²) in [6.45, 7) is 4.38. The summed E-state index contributed by atoms with van der Waals surface area (Å²) in [6, 6.07) is 16.7. The van der Waals surface area contributed by atoms with Crippen molar-refractivity contribution < 1.29 is 4.79 Å². The lowest BCUT2D eigenvalue weighted by molar-refractivity contribution is -0.115. The molecule has 1 heterocycles. The fourth-order valence-corrected chi connectivity index (χ4v) is 3.79. The van der Waals surface area contributed by atoms with Gasteiger partial charge in [-0.05, 0) is 37.6 Å². The zero-order chi connectivity index (χ0) is 18.5. The molecule has 6 heteroatoms. The van der Waals surface area contributed by atoms with Crippen molar-refractivity contribution in [2.24, 2.45) is 0 Å².